The maximum Gasteiger partial charge on any atom is 0.337 e. The number of nitrogens with zero attached hydrogens (tertiary/aromatic N) is 2. The smallest absolute Gasteiger partial charge is 0.337 e. The lowest BCUT2D eigenvalue weighted by Crippen LogP contribution is -2.19. The Bertz CT molecular complexity index is 622. The van der Waals surface area contributed by atoms with Gasteiger partial charge in [-0.2, -0.15) is 5.10 Å². The van der Waals surface area contributed by atoms with Gasteiger partial charge in [0.25, 0.3) is 0 Å². The summed E-state index contributed by atoms with van der Waals surface area (Å²) in [6.07, 6.45) is 3.32. The molecule has 1 heterocycles. The summed E-state index contributed by atoms with van der Waals surface area (Å²) in [5.74, 6) is -0.615. The van der Waals surface area contributed by atoms with E-state index in [1.807, 2.05) is 0 Å². The summed E-state index contributed by atoms with van der Waals surface area (Å²) < 4.78 is 6.93. The van der Waals surface area contributed by atoms with E-state index in [-0.39, 0.29) is 12.5 Å². The van der Waals surface area contributed by atoms with Gasteiger partial charge in [0.1, 0.15) is 6.54 Å². The Morgan fingerprint density at radius 3 is 2.60 bits per heavy atom. The zero-order chi connectivity index (χ0) is 14.5. The highest BCUT2D eigenvalue weighted by Gasteiger charge is 2.07. The number of aromatic nitrogens is 2. The van der Waals surface area contributed by atoms with Crippen LogP contribution < -0.4 is 5.32 Å². The summed E-state index contributed by atoms with van der Waals surface area (Å²) in [6, 6.07) is 6.46. The minimum absolute atomic E-state index is 0.115. The predicted molar refractivity (Wildman–Crippen MR) is 76.3 cm³/mol. The van der Waals surface area contributed by atoms with Crippen molar-refractivity contribution in [2.75, 3.05) is 12.4 Å². The van der Waals surface area contributed by atoms with Crippen LogP contribution >= 0.6 is 15.9 Å². The number of carbonyl (C=O) groups is 2. The fourth-order valence-corrected chi connectivity index (χ4v) is 1.91. The molecule has 0 atom stereocenters. The molecule has 0 aliphatic rings. The lowest BCUT2D eigenvalue weighted by atomic mass is 10.2. The van der Waals surface area contributed by atoms with Crippen molar-refractivity contribution in [3.63, 3.8) is 0 Å². The van der Waals surface area contributed by atoms with Crippen molar-refractivity contribution >= 4 is 33.5 Å². The zero-order valence-electron chi connectivity index (χ0n) is 10.7. The Morgan fingerprint density at radius 2 is 2.05 bits per heavy atom. The van der Waals surface area contributed by atoms with Crippen molar-refractivity contribution in [2.45, 2.75) is 6.54 Å². The first-order valence-electron chi connectivity index (χ1n) is 5.74. The maximum absolute atomic E-state index is 11.8. The normalized spacial score (nSPS) is 10.1. The molecule has 0 saturated carbocycles. The molecule has 2 rings (SSSR count). The van der Waals surface area contributed by atoms with Crippen molar-refractivity contribution in [1.82, 2.24) is 9.78 Å². The van der Waals surface area contributed by atoms with E-state index in [4.69, 9.17) is 0 Å². The second-order valence-electron chi connectivity index (χ2n) is 3.97. The topological polar surface area (TPSA) is 73.2 Å². The highest BCUT2D eigenvalue weighted by Crippen LogP contribution is 2.11. The molecule has 0 aliphatic carbocycles. The van der Waals surface area contributed by atoms with Gasteiger partial charge in [-0.3, -0.25) is 9.48 Å². The van der Waals surface area contributed by atoms with E-state index in [1.54, 1.807) is 36.7 Å². The second kappa shape index (κ2) is 6.33. The highest BCUT2D eigenvalue weighted by molar-refractivity contribution is 9.10. The number of rotatable bonds is 4. The van der Waals surface area contributed by atoms with Gasteiger partial charge < -0.3 is 10.1 Å². The summed E-state index contributed by atoms with van der Waals surface area (Å²) in [7, 11) is 1.32. The first-order valence-corrected chi connectivity index (χ1v) is 6.54. The lowest BCUT2D eigenvalue weighted by Gasteiger charge is -2.06. The molecular weight excluding hydrogens is 326 g/mol. The molecule has 104 valence electrons. The van der Waals surface area contributed by atoms with Crippen LogP contribution in [0.2, 0.25) is 0 Å². The van der Waals surface area contributed by atoms with E-state index < -0.39 is 5.97 Å². The minimum atomic E-state index is -0.413. The van der Waals surface area contributed by atoms with Gasteiger partial charge in [-0.15, -0.1) is 0 Å². The van der Waals surface area contributed by atoms with Crippen LogP contribution in [-0.2, 0) is 16.1 Å². The molecule has 7 heteroatoms. The summed E-state index contributed by atoms with van der Waals surface area (Å²) in [6.45, 7) is 0.115. The molecule has 2 aromatic rings. The predicted octanol–water partition coefficient (Wildman–Crippen LogP) is 2.07. The van der Waals surface area contributed by atoms with Crippen LogP contribution in [0.25, 0.3) is 0 Å². The van der Waals surface area contributed by atoms with Gasteiger partial charge in [0.05, 0.1) is 23.3 Å². The van der Waals surface area contributed by atoms with Gasteiger partial charge in [0.15, 0.2) is 0 Å². The third kappa shape index (κ3) is 3.67. The average molecular weight is 338 g/mol. The number of hydrogen-bond donors (Lipinski definition) is 1. The van der Waals surface area contributed by atoms with Crippen LogP contribution in [0.1, 0.15) is 10.4 Å². The van der Waals surface area contributed by atoms with Gasteiger partial charge in [-0.1, -0.05) is 0 Å². The molecule has 1 N–H and O–H groups in total. The van der Waals surface area contributed by atoms with E-state index in [0.717, 1.165) is 4.47 Å². The first kappa shape index (κ1) is 14.3. The number of anilines is 1. The molecule has 0 radical (unpaired) electrons. The van der Waals surface area contributed by atoms with Crippen molar-refractivity contribution in [3.05, 3.63) is 46.7 Å². The number of carbonyl (C=O) groups excluding carboxylic acids is 2. The number of methoxy groups -OCH3 is 1. The molecule has 0 fully saturated rings. The maximum atomic E-state index is 11.8. The van der Waals surface area contributed by atoms with Gasteiger partial charge in [0, 0.05) is 11.9 Å². The van der Waals surface area contributed by atoms with Crippen molar-refractivity contribution in [3.8, 4) is 0 Å². The fourth-order valence-electron chi connectivity index (χ4n) is 1.58. The summed E-state index contributed by atoms with van der Waals surface area (Å²) in [4.78, 5) is 23.1. The van der Waals surface area contributed by atoms with Crippen LogP contribution in [0.3, 0.4) is 0 Å². The lowest BCUT2D eigenvalue weighted by molar-refractivity contribution is -0.116. The number of hydrogen-bond acceptors (Lipinski definition) is 4. The monoisotopic (exact) mass is 337 g/mol. The van der Waals surface area contributed by atoms with Crippen molar-refractivity contribution in [1.29, 1.82) is 0 Å². The fraction of sp³-hybridized carbons (Fsp3) is 0.154. The Hall–Kier alpha value is -2.15. The van der Waals surface area contributed by atoms with E-state index in [0.29, 0.717) is 11.3 Å². The van der Waals surface area contributed by atoms with E-state index in [1.165, 1.54) is 11.8 Å². The number of esters is 1. The highest BCUT2D eigenvalue weighted by atomic mass is 79.9. The molecule has 0 saturated heterocycles. The molecule has 0 bridgehead atoms. The van der Waals surface area contributed by atoms with E-state index >= 15 is 0 Å². The molecule has 0 unspecified atom stereocenters. The molecule has 1 aromatic carbocycles. The van der Waals surface area contributed by atoms with Crippen molar-refractivity contribution in [2.24, 2.45) is 0 Å². The van der Waals surface area contributed by atoms with Crippen LogP contribution in [0.5, 0.6) is 0 Å². The quantitative estimate of drug-likeness (QED) is 0.867. The summed E-state index contributed by atoms with van der Waals surface area (Å²) in [5.41, 5.74) is 1.04. The van der Waals surface area contributed by atoms with E-state index in [2.05, 4.69) is 31.1 Å². The molecule has 1 amide bonds. The molecule has 6 nitrogen and oxygen atoms in total. The number of halogens is 1. The molecule has 20 heavy (non-hydrogen) atoms. The zero-order valence-corrected chi connectivity index (χ0v) is 12.3. The standard InChI is InChI=1S/C13H12BrN3O3/c1-20-13(19)9-2-4-11(5-3-9)16-12(18)8-17-7-10(14)6-15-17/h2-7H,8H2,1H3,(H,16,18). The second-order valence-corrected chi connectivity index (χ2v) is 4.89. The average Bonchev–Trinajstić information content (AvgIpc) is 2.84. The largest absolute Gasteiger partial charge is 0.465 e. The third-order valence-electron chi connectivity index (χ3n) is 2.50. The number of ether oxygens (including phenoxy) is 1. The Labute approximate surface area is 123 Å². The number of nitrogens with one attached hydrogen (secondary N) is 1. The van der Waals surface area contributed by atoms with Crippen LogP contribution in [0, 0.1) is 0 Å². The molecule has 1 aromatic heterocycles. The van der Waals surface area contributed by atoms with Crippen LogP contribution in [0.4, 0.5) is 5.69 Å². The molecule has 0 aliphatic heterocycles. The van der Waals surface area contributed by atoms with Gasteiger partial charge >= 0.3 is 5.97 Å². The Kier molecular flexibility index (Phi) is 4.52. The third-order valence-corrected chi connectivity index (χ3v) is 2.91. The van der Waals surface area contributed by atoms with Gasteiger partial charge in [0.2, 0.25) is 5.91 Å². The van der Waals surface area contributed by atoms with Gasteiger partial charge in [-0.25, -0.2) is 4.79 Å². The first-order chi connectivity index (χ1) is 9.58. The van der Waals surface area contributed by atoms with E-state index in [9.17, 15) is 9.59 Å². The molecular formula is C13H12BrN3O3. The van der Waals surface area contributed by atoms with Crippen LogP contribution in [0.15, 0.2) is 41.1 Å². The Balaban J connectivity index is 1.96. The SMILES string of the molecule is COC(=O)c1ccc(NC(=O)Cn2cc(Br)cn2)cc1. The molecule has 0 spiro atoms. The van der Waals surface area contributed by atoms with Crippen LogP contribution in [-0.4, -0.2) is 28.8 Å². The van der Waals surface area contributed by atoms with Gasteiger partial charge in [-0.05, 0) is 40.2 Å². The van der Waals surface area contributed by atoms with Crippen molar-refractivity contribution < 1.29 is 14.3 Å². The summed E-state index contributed by atoms with van der Waals surface area (Å²) in [5, 5.41) is 6.71. The minimum Gasteiger partial charge on any atom is -0.465 e. The summed E-state index contributed by atoms with van der Waals surface area (Å²) >= 11 is 3.26. The Morgan fingerprint density at radius 1 is 1.35 bits per heavy atom. The number of amides is 1. The number of benzene rings is 1.